The summed E-state index contributed by atoms with van der Waals surface area (Å²) in [5.41, 5.74) is 23.5. The van der Waals surface area contributed by atoms with Crippen LogP contribution in [0.25, 0.3) is 83.1 Å². The van der Waals surface area contributed by atoms with Crippen molar-refractivity contribution in [3.8, 4) is 61.3 Å². The van der Waals surface area contributed by atoms with Crippen LogP contribution >= 0.6 is 0 Å². The lowest BCUT2D eigenvalue weighted by Gasteiger charge is -2.34. The molecule has 1 aliphatic rings. The fourth-order valence-electron chi connectivity index (χ4n) is 12.0. The molecular weight excluding hydrogens is 905 g/mol. The van der Waals surface area contributed by atoms with Crippen LogP contribution in [0, 0.1) is 0 Å². The van der Waals surface area contributed by atoms with Crippen LogP contribution in [0.15, 0.2) is 303 Å². The molecule has 13 aromatic rings. The second-order valence-electron chi connectivity index (χ2n) is 19.6. The third-order valence-corrected chi connectivity index (χ3v) is 15.5. The van der Waals surface area contributed by atoms with Crippen molar-refractivity contribution in [1.82, 2.24) is 4.57 Å². The van der Waals surface area contributed by atoms with E-state index in [1.807, 2.05) is 0 Å². The minimum absolute atomic E-state index is 0.481. The zero-order valence-electron chi connectivity index (χ0n) is 41.3. The van der Waals surface area contributed by atoms with Gasteiger partial charge in [-0.2, -0.15) is 0 Å². The first-order chi connectivity index (χ1) is 37.2. The smallest absolute Gasteiger partial charge is 0.0714 e. The molecule has 0 radical (unpaired) electrons. The molecule has 0 saturated heterocycles. The van der Waals surface area contributed by atoms with Crippen LogP contribution in [-0.2, 0) is 5.41 Å². The van der Waals surface area contributed by atoms with Gasteiger partial charge in [-0.05, 0) is 151 Å². The number of hydrogen-bond acceptors (Lipinski definition) is 1. The van der Waals surface area contributed by atoms with E-state index in [9.17, 15) is 0 Å². The molecule has 1 heterocycles. The molecule has 0 atom stereocenters. The zero-order valence-corrected chi connectivity index (χ0v) is 41.3. The summed E-state index contributed by atoms with van der Waals surface area (Å²) in [7, 11) is 0. The molecule has 0 bridgehead atoms. The van der Waals surface area contributed by atoms with E-state index in [1.54, 1.807) is 0 Å². The largest absolute Gasteiger partial charge is 0.311 e. The van der Waals surface area contributed by atoms with Gasteiger partial charge in [0.05, 0.1) is 16.4 Å². The predicted molar refractivity (Wildman–Crippen MR) is 315 cm³/mol. The van der Waals surface area contributed by atoms with Crippen LogP contribution in [0.2, 0.25) is 0 Å². The van der Waals surface area contributed by atoms with Crippen molar-refractivity contribution in [2.45, 2.75) is 5.41 Å². The van der Waals surface area contributed by atoms with E-state index in [0.717, 1.165) is 28.3 Å². The number of fused-ring (bicyclic) bond motifs is 6. The van der Waals surface area contributed by atoms with Gasteiger partial charge >= 0.3 is 0 Å². The highest BCUT2D eigenvalue weighted by atomic mass is 15.1. The van der Waals surface area contributed by atoms with Crippen molar-refractivity contribution in [3.05, 3.63) is 326 Å². The van der Waals surface area contributed by atoms with Crippen molar-refractivity contribution in [2.75, 3.05) is 4.90 Å². The van der Waals surface area contributed by atoms with Crippen LogP contribution in [-0.4, -0.2) is 4.57 Å². The lowest BCUT2D eigenvalue weighted by Crippen LogP contribution is -2.28. The Balaban J connectivity index is 0.824. The van der Waals surface area contributed by atoms with E-state index in [0.29, 0.717) is 0 Å². The number of anilines is 3. The SMILES string of the molecule is c1ccc(-c2ccc(N(c3ccc(-c4ccccc4)cc3)c3ccc(-c4cccc(-c5ccc6c(c5)c5ccccc5n6-c5ccc6c(c5)C(c5ccccc5)(c5ccccc5)c5ccccc5-6)c4)cc3)cc2)cc1. The number of para-hydroxylation sites is 1. The predicted octanol–water partition coefficient (Wildman–Crippen LogP) is 19.3. The van der Waals surface area contributed by atoms with Gasteiger partial charge in [-0.25, -0.2) is 0 Å². The number of benzene rings is 12. The summed E-state index contributed by atoms with van der Waals surface area (Å²) < 4.78 is 2.47. The van der Waals surface area contributed by atoms with Crippen molar-refractivity contribution in [1.29, 1.82) is 0 Å². The fourth-order valence-corrected chi connectivity index (χ4v) is 12.0. The van der Waals surface area contributed by atoms with Crippen LogP contribution in [0.4, 0.5) is 17.1 Å². The molecule has 1 aromatic heterocycles. The lowest BCUT2D eigenvalue weighted by molar-refractivity contribution is 0.767. The molecule has 2 heteroatoms. The maximum absolute atomic E-state index is 2.47. The Kier molecular flexibility index (Phi) is 10.8. The van der Waals surface area contributed by atoms with Crippen LogP contribution in [0.5, 0.6) is 0 Å². The van der Waals surface area contributed by atoms with Crippen molar-refractivity contribution in [2.24, 2.45) is 0 Å². The molecule has 0 aliphatic heterocycles. The molecule has 0 amide bonds. The highest BCUT2D eigenvalue weighted by Crippen LogP contribution is 2.56. The van der Waals surface area contributed by atoms with Crippen molar-refractivity contribution in [3.63, 3.8) is 0 Å². The number of nitrogens with zero attached hydrogens (tertiary/aromatic N) is 2. The third kappa shape index (κ3) is 7.49. The fraction of sp³-hybridized carbons (Fsp3) is 0.0137. The van der Waals surface area contributed by atoms with Crippen molar-refractivity contribution < 1.29 is 0 Å². The summed E-state index contributed by atoms with van der Waals surface area (Å²) in [4.78, 5) is 2.35. The Morgan fingerprint density at radius 2 is 0.667 bits per heavy atom. The summed E-state index contributed by atoms with van der Waals surface area (Å²) in [5, 5.41) is 2.46. The Labute approximate surface area is 438 Å². The van der Waals surface area contributed by atoms with Gasteiger partial charge in [0, 0.05) is 33.5 Å². The lowest BCUT2D eigenvalue weighted by atomic mass is 9.67. The molecule has 12 aromatic carbocycles. The van der Waals surface area contributed by atoms with E-state index in [-0.39, 0.29) is 0 Å². The normalized spacial score (nSPS) is 12.4. The highest BCUT2D eigenvalue weighted by Gasteiger charge is 2.46. The summed E-state index contributed by atoms with van der Waals surface area (Å²) >= 11 is 0. The summed E-state index contributed by atoms with van der Waals surface area (Å²) in [6.45, 7) is 0. The molecular formula is C73H50N2. The number of hydrogen-bond donors (Lipinski definition) is 0. The molecule has 0 spiro atoms. The average molecular weight is 955 g/mol. The van der Waals surface area contributed by atoms with Crippen LogP contribution in [0.1, 0.15) is 22.3 Å². The first kappa shape index (κ1) is 44.0. The summed E-state index contributed by atoms with van der Waals surface area (Å²) in [6, 6.07) is 111. The first-order valence-electron chi connectivity index (χ1n) is 25.9. The summed E-state index contributed by atoms with van der Waals surface area (Å²) in [5.74, 6) is 0. The Morgan fingerprint density at radius 1 is 0.253 bits per heavy atom. The maximum atomic E-state index is 2.47. The quantitative estimate of drug-likeness (QED) is 0.133. The molecule has 352 valence electrons. The first-order valence-corrected chi connectivity index (χ1v) is 25.9. The third-order valence-electron chi connectivity index (χ3n) is 15.5. The minimum Gasteiger partial charge on any atom is -0.311 e. The van der Waals surface area contributed by atoms with Gasteiger partial charge in [-0.15, -0.1) is 0 Å². The summed E-state index contributed by atoms with van der Waals surface area (Å²) in [6.07, 6.45) is 0. The highest BCUT2D eigenvalue weighted by molar-refractivity contribution is 6.10. The van der Waals surface area contributed by atoms with Gasteiger partial charge in [0.1, 0.15) is 0 Å². The molecule has 0 fully saturated rings. The van der Waals surface area contributed by atoms with Crippen LogP contribution < -0.4 is 4.90 Å². The second-order valence-corrected chi connectivity index (χ2v) is 19.6. The molecule has 0 unspecified atom stereocenters. The Hall–Kier alpha value is -9.76. The molecule has 14 rings (SSSR count). The van der Waals surface area contributed by atoms with Gasteiger partial charge in [-0.1, -0.05) is 231 Å². The van der Waals surface area contributed by atoms with Gasteiger partial charge in [0.25, 0.3) is 0 Å². The monoisotopic (exact) mass is 954 g/mol. The minimum atomic E-state index is -0.481. The van der Waals surface area contributed by atoms with Gasteiger partial charge in [-0.3, -0.25) is 0 Å². The van der Waals surface area contributed by atoms with E-state index < -0.39 is 5.41 Å². The molecule has 0 saturated carbocycles. The second kappa shape index (κ2) is 18.4. The van der Waals surface area contributed by atoms with E-state index in [1.165, 1.54) is 94.1 Å². The van der Waals surface area contributed by atoms with Gasteiger partial charge < -0.3 is 9.47 Å². The van der Waals surface area contributed by atoms with Gasteiger partial charge in [0.15, 0.2) is 0 Å². The van der Waals surface area contributed by atoms with Gasteiger partial charge in [0.2, 0.25) is 0 Å². The number of rotatable bonds is 10. The molecule has 2 nitrogen and oxygen atoms in total. The topological polar surface area (TPSA) is 8.17 Å². The van der Waals surface area contributed by atoms with Crippen LogP contribution in [0.3, 0.4) is 0 Å². The average Bonchev–Trinajstić information content (AvgIpc) is 4.01. The van der Waals surface area contributed by atoms with E-state index in [4.69, 9.17) is 0 Å². The standard InChI is InChI=1S/C73H50N2/c1-5-18-51(19-6-1)53-32-39-61(40-33-53)74(62-41-34-54(35-42-62)52-20-7-2-8-21-52)63-43-36-55(37-44-63)56-22-17-23-57(48-56)58-38-47-72-68(49-58)67-29-14-16-31-71(67)75(72)64-45-46-66-65-28-13-15-30-69(65)73(70(66)50-64,59-24-9-3-10-25-59)60-26-11-4-12-27-60/h1-50H. The van der Waals surface area contributed by atoms with E-state index >= 15 is 0 Å². The zero-order chi connectivity index (χ0) is 49.7. The van der Waals surface area contributed by atoms with Crippen molar-refractivity contribution >= 4 is 38.9 Å². The molecule has 0 N–H and O–H groups in total. The molecule has 75 heavy (non-hydrogen) atoms. The Bertz CT molecular complexity index is 4060. The maximum Gasteiger partial charge on any atom is 0.0714 e. The molecule has 1 aliphatic carbocycles. The number of aromatic nitrogens is 1. The van der Waals surface area contributed by atoms with E-state index in [2.05, 4.69) is 313 Å². The Morgan fingerprint density at radius 3 is 1.25 bits per heavy atom.